The van der Waals surface area contributed by atoms with Crippen LogP contribution in [-0.2, 0) is 5.41 Å². The highest BCUT2D eigenvalue weighted by Gasteiger charge is 2.38. The zero-order valence-electron chi connectivity index (χ0n) is 14.5. The van der Waals surface area contributed by atoms with Crippen molar-refractivity contribution in [2.45, 2.75) is 32.1 Å². The van der Waals surface area contributed by atoms with Crippen molar-refractivity contribution in [3.8, 4) is 23.4 Å². The fourth-order valence-corrected chi connectivity index (χ4v) is 3.02. The van der Waals surface area contributed by atoms with E-state index in [0.29, 0.717) is 17.2 Å². The number of fused-ring (bicyclic) bond motifs is 1. The topological polar surface area (TPSA) is 117 Å². The van der Waals surface area contributed by atoms with Gasteiger partial charge in [-0.3, -0.25) is 5.10 Å². The highest BCUT2D eigenvalue weighted by molar-refractivity contribution is 5.58. The zero-order chi connectivity index (χ0) is 18.4. The van der Waals surface area contributed by atoms with Crippen molar-refractivity contribution >= 4 is 0 Å². The van der Waals surface area contributed by atoms with Crippen LogP contribution in [0.1, 0.15) is 43.5 Å². The third kappa shape index (κ3) is 2.66. The molecule has 0 aliphatic carbocycles. The molecule has 2 heterocycles. The van der Waals surface area contributed by atoms with E-state index in [4.69, 9.17) is 15.2 Å². The van der Waals surface area contributed by atoms with Gasteiger partial charge in [0.2, 0.25) is 11.8 Å². The van der Waals surface area contributed by atoms with Crippen LogP contribution in [0.4, 0.5) is 0 Å². The van der Waals surface area contributed by atoms with E-state index in [2.05, 4.69) is 16.3 Å². The third-order valence-corrected chi connectivity index (χ3v) is 4.23. The smallest absolute Gasteiger partial charge is 0.244 e. The first-order chi connectivity index (χ1) is 11.8. The molecule has 2 aromatic rings. The SMILES string of the molecule is COc1cc([C@H]2C(C#N)=C(N)Oc3n[nH]c(C(C)(C)C)c32)ccc1O. The summed E-state index contributed by atoms with van der Waals surface area (Å²) in [6.45, 7) is 6.13. The van der Waals surface area contributed by atoms with E-state index < -0.39 is 5.92 Å². The van der Waals surface area contributed by atoms with Crippen LogP contribution >= 0.6 is 0 Å². The highest BCUT2D eigenvalue weighted by atomic mass is 16.5. The molecule has 0 radical (unpaired) electrons. The summed E-state index contributed by atoms with van der Waals surface area (Å²) >= 11 is 0. The second-order valence-electron chi connectivity index (χ2n) is 6.92. The van der Waals surface area contributed by atoms with Crippen LogP contribution in [0.15, 0.2) is 29.7 Å². The lowest BCUT2D eigenvalue weighted by atomic mass is 9.79. The molecule has 1 aliphatic rings. The molecule has 7 heteroatoms. The molecule has 0 amide bonds. The number of methoxy groups -OCH3 is 1. The molecular formula is C18H20N4O3. The Balaban J connectivity index is 2.27. The van der Waals surface area contributed by atoms with Gasteiger partial charge in [-0.15, -0.1) is 5.10 Å². The lowest BCUT2D eigenvalue weighted by Crippen LogP contribution is -2.23. The number of nitriles is 1. The van der Waals surface area contributed by atoms with Crippen LogP contribution in [-0.4, -0.2) is 22.4 Å². The molecule has 130 valence electrons. The summed E-state index contributed by atoms with van der Waals surface area (Å²) in [5.74, 6) is 0.271. The van der Waals surface area contributed by atoms with Gasteiger partial charge in [0.1, 0.15) is 11.6 Å². The first-order valence-electron chi connectivity index (χ1n) is 7.81. The summed E-state index contributed by atoms with van der Waals surface area (Å²) < 4.78 is 10.8. The minimum atomic E-state index is -0.462. The predicted molar refractivity (Wildman–Crippen MR) is 91.2 cm³/mol. The van der Waals surface area contributed by atoms with Gasteiger partial charge in [0.05, 0.1) is 18.6 Å². The average molecular weight is 340 g/mol. The molecule has 7 nitrogen and oxygen atoms in total. The third-order valence-electron chi connectivity index (χ3n) is 4.23. The standard InChI is InChI=1S/C18H20N4O3/c1-18(2,3)15-14-13(9-5-6-11(23)12(7-9)24-4)10(8-19)16(20)25-17(14)22-21-15/h5-7,13,23H,20H2,1-4H3,(H,21,22)/t13-/m0/s1. The summed E-state index contributed by atoms with van der Waals surface area (Å²) in [4.78, 5) is 0. The Hall–Kier alpha value is -3.14. The monoisotopic (exact) mass is 340 g/mol. The summed E-state index contributed by atoms with van der Waals surface area (Å²) in [6.07, 6.45) is 0. The fourth-order valence-electron chi connectivity index (χ4n) is 3.02. The molecule has 0 saturated heterocycles. The molecule has 3 rings (SSSR count). The van der Waals surface area contributed by atoms with Crippen LogP contribution in [0.5, 0.6) is 17.4 Å². The number of aromatic amines is 1. The van der Waals surface area contributed by atoms with Crippen molar-refractivity contribution in [2.24, 2.45) is 5.73 Å². The van der Waals surface area contributed by atoms with Gasteiger partial charge in [-0.25, -0.2) is 0 Å². The number of hydrogen-bond donors (Lipinski definition) is 3. The molecule has 0 saturated carbocycles. The van der Waals surface area contributed by atoms with Gasteiger partial charge in [0.25, 0.3) is 0 Å². The second-order valence-corrected chi connectivity index (χ2v) is 6.92. The summed E-state index contributed by atoms with van der Waals surface area (Å²) in [5.41, 5.74) is 8.39. The minimum absolute atomic E-state index is 0.0252. The van der Waals surface area contributed by atoms with E-state index in [1.165, 1.54) is 13.2 Å². The van der Waals surface area contributed by atoms with Gasteiger partial charge in [0.15, 0.2) is 11.5 Å². The molecule has 1 aromatic heterocycles. The van der Waals surface area contributed by atoms with Crippen molar-refractivity contribution in [2.75, 3.05) is 7.11 Å². The number of nitrogens with zero attached hydrogens (tertiary/aromatic N) is 2. The summed E-state index contributed by atoms with van der Waals surface area (Å²) in [6, 6.07) is 7.11. The number of allylic oxidation sites excluding steroid dienone is 1. The molecule has 0 unspecified atom stereocenters. The van der Waals surface area contributed by atoms with Gasteiger partial charge in [-0.2, -0.15) is 5.26 Å². The lowest BCUT2D eigenvalue weighted by molar-refractivity contribution is 0.370. The molecule has 4 N–H and O–H groups in total. The Bertz CT molecular complexity index is 900. The number of nitrogens with two attached hydrogens (primary N) is 1. The maximum Gasteiger partial charge on any atom is 0.244 e. The number of ether oxygens (including phenoxy) is 2. The first-order valence-corrected chi connectivity index (χ1v) is 7.81. The van der Waals surface area contributed by atoms with E-state index in [1.54, 1.807) is 12.1 Å². The quantitative estimate of drug-likeness (QED) is 0.773. The van der Waals surface area contributed by atoms with Gasteiger partial charge in [0, 0.05) is 11.1 Å². The van der Waals surface area contributed by atoms with Crippen LogP contribution in [0, 0.1) is 11.3 Å². The first kappa shape index (κ1) is 16.7. The van der Waals surface area contributed by atoms with Gasteiger partial charge < -0.3 is 20.3 Å². The Labute approximate surface area is 145 Å². The maximum atomic E-state index is 9.88. The molecule has 25 heavy (non-hydrogen) atoms. The van der Waals surface area contributed by atoms with E-state index in [9.17, 15) is 10.4 Å². The van der Waals surface area contributed by atoms with Crippen LogP contribution < -0.4 is 15.2 Å². The van der Waals surface area contributed by atoms with Gasteiger partial charge >= 0.3 is 0 Å². The molecule has 1 aromatic carbocycles. The zero-order valence-corrected chi connectivity index (χ0v) is 14.5. The minimum Gasteiger partial charge on any atom is -0.504 e. The number of nitrogens with one attached hydrogen (secondary N) is 1. The van der Waals surface area contributed by atoms with Crippen LogP contribution in [0.2, 0.25) is 0 Å². The van der Waals surface area contributed by atoms with Crippen molar-refractivity contribution in [1.82, 2.24) is 10.2 Å². The lowest BCUT2D eigenvalue weighted by Gasteiger charge is -2.27. The van der Waals surface area contributed by atoms with Crippen LogP contribution in [0.3, 0.4) is 0 Å². The van der Waals surface area contributed by atoms with E-state index in [-0.39, 0.29) is 17.0 Å². The van der Waals surface area contributed by atoms with Crippen molar-refractivity contribution < 1.29 is 14.6 Å². The van der Waals surface area contributed by atoms with Crippen molar-refractivity contribution in [3.63, 3.8) is 0 Å². The molecular weight excluding hydrogens is 320 g/mol. The molecule has 1 atom stereocenters. The number of phenols is 1. The van der Waals surface area contributed by atoms with E-state index >= 15 is 0 Å². The fraction of sp³-hybridized carbons (Fsp3) is 0.333. The number of benzene rings is 1. The molecule has 1 aliphatic heterocycles. The van der Waals surface area contributed by atoms with Gasteiger partial charge in [-0.1, -0.05) is 26.8 Å². The second kappa shape index (κ2) is 5.74. The van der Waals surface area contributed by atoms with Crippen molar-refractivity contribution in [1.29, 1.82) is 5.26 Å². The number of phenolic OH excluding ortho intramolecular Hbond substituents is 1. The maximum absolute atomic E-state index is 9.88. The predicted octanol–water partition coefficient (Wildman–Crippen LogP) is 2.64. The Morgan fingerprint density at radius 1 is 1.40 bits per heavy atom. The average Bonchev–Trinajstić information content (AvgIpc) is 2.97. The number of aromatic hydroxyl groups is 1. The highest BCUT2D eigenvalue weighted by Crippen LogP contribution is 2.46. The molecule has 0 bridgehead atoms. The van der Waals surface area contributed by atoms with Crippen LogP contribution in [0.25, 0.3) is 0 Å². The summed E-state index contributed by atoms with van der Waals surface area (Å²) in [5, 5.41) is 26.8. The van der Waals surface area contributed by atoms with E-state index in [0.717, 1.165) is 16.8 Å². The Morgan fingerprint density at radius 2 is 2.12 bits per heavy atom. The number of aromatic nitrogens is 2. The molecule has 0 fully saturated rings. The van der Waals surface area contributed by atoms with E-state index in [1.807, 2.05) is 20.8 Å². The number of hydrogen-bond acceptors (Lipinski definition) is 6. The number of H-pyrrole nitrogens is 1. The van der Waals surface area contributed by atoms with Gasteiger partial charge in [-0.05, 0) is 17.7 Å². The Morgan fingerprint density at radius 3 is 2.72 bits per heavy atom. The van der Waals surface area contributed by atoms with Crippen molar-refractivity contribution in [3.05, 3.63) is 46.5 Å². The number of rotatable bonds is 2. The molecule has 0 spiro atoms. The summed E-state index contributed by atoms with van der Waals surface area (Å²) in [7, 11) is 1.47. The Kier molecular flexibility index (Phi) is 3.84. The largest absolute Gasteiger partial charge is 0.504 e. The normalized spacial score (nSPS) is 16.8.